The van der Waals surface area contributed by atoms with Gasteiger partial charge in [-0.05, 0) is 32.0 Å². The highest BCUT2D eigenvalue weighted by atomic mass is 32.2. The zero-order valence-electron chi connectivity index (χ0n) is 17.0. The maximum absolute atomic E-state index is 14.0. The molecule has 1 saturated heterocycles. The molecular formula is C20H21F2N5O3S. The molecule has 3 heterocycles. The van der Waals surface area contributed by atoms with Gasteiger partial charge in [0.15, 0.2) is 10.5 Å². The fourth-order valence-electron chi connectivity index (χ4n) is 3.61. The largest absolute Gasteiger partial charge is 0.336 e. The zero-order valence-corrected chi connectivity index (χ0v) is 17.8. The molecule has 2 aromatic heterocycles. The lowest BCUT2D eigenvalue weighted by atomic mass is 10.2. The Morgan fingerprint density at radius 3 is 2.32 bits per heavy atom. The summed E-state index contributed by atoms with van der Waals surface area (Å²) >= 11 is 0. The Bertz CT molecular complexity index is 1230. The van der Waals surface area contributed by atoms with Crippen LogP contribution in [0.1, 0.15) is 30.2 Å². The van der Waals surface area contributed by atoms with E-state index >= 15 is 0 Å². The van der Waals surface area contributed by atoms with Crippen LogP contribution in [0.3, 0.4) is 0 Å². The highest BCUT2D eigenvalue weighted by molar-refractivity contribution is 7.89. The minimum Gasteiger partial charge on any atom is -0.336 e. The normalized spacial score (nSPS) is 15.7. The SMILES string of the molecule is CC(C)n1ncc2cc(C(=O)N3CCN(S(=O)(=O)c4c(F)cccc4F)CC3)cnc21. The third-order valence-electron chi connectivity index (χ3n) is 5.21. The summed E-state index contributed by atoms with van der Waals surface area (Å²) in [6.07, 6.45) is 3.12. The smallest absolute Gasteiger partial charge is 0.255 e. The van der Waals surface area contributed by atoms with Crippen molar-refractivity contribution < 1.29 is 22.0 Å². The number of fused-ring (bicyclic) bond motifs is 1. The first-order valence-electron chi connectivity index (χ1n) is 9.77. The summed E-state index contributed by atoms with van der Waals surface area (Å²) in [5.41, 5.74) is 1.04. The molecule has 1 aliphatic rings. The molecule has 0 spiro atoms. The van der Waals surface area contributed by atoms with Crippen LogP contribution in [0.4, 0.5) is 8.78 Å². The molecule has 3 aromatic rings. The number of rotatable bonds is 4. The molecule has 1 aromatic carbocycles. The predicted octanol–water partition coefficient (Wildman–Crippen LogP) is 2.44. The van der Waals surface area contributed by atoms with E-state index < -0.39 is 26.6 Å². The van der Waals surface area contributed by atoms with Gasteiger partial charge in [0.2, 0.25) is 10.0 Å². The Balaban J connectivity index is 1.50. The maximum Gasteiger partial charge on any atom is 0.255 e. The predicted molar refractivity (Wildman–Crippen MR) is 109 cm³/mol. The Hall–Kier alpha value is -2.92. The van der Waals surface area contributed by atoms with E-state index in [1.54, 1.807) is 16.9 Å². The number of sulfonamides is 1. The van der Waals surface area contributed by atoms with Crippen molar-refractivity contribution in [2.24, 2.45) is 0 Å². The van der Waals surface area contributed by atoms with Gasteiger partial charge in [0.1, 0.15) is 11.6 Å². The second-order valence-electron chi connectivity index (χ2n) is 7.57. The van der Waals surface area contributed by atoms with Gasteiger partial charge in [0, 0.05) is 43.8 Å². The van der Waals surface area contributed by atoms with E-state index in [0.29, 0.717) is 11.2 Å². The van der Waals surface area contributed by atoms with E-state index in [1.165, 1.54) is 11.1 Å². The second kappa shape index (κ2) is 7.97. The van der Waals surface area contributed by atoms with Crippen LogP contribution in [-0.2, 0) is 10.0 Å². The number of nitrogens with zero attached hydrogens (tertiary/aromatic N) is 5. The van der Waals surface area contributed by atoms with E-state index in [1.807, 2.05) is 13.8 Å². The number of hydrogen-bond acceptors (Lipinski definition) is 5. The van der Waals surface area contributed by atoms with Crippen molar-refractivity contribution in [3.8, 4) is 0 Å². The summed E-state index contributed by atoms with van der Waals surface area (Å²) in [5.74, 6) is -2.57. The van der Waals surface area contributed by atoms with Crippen molar-refractivity contribution >= 4 is 27.0 Å². The summed E-state index contributed by atoms with van der Waals surface area (Å²) in [5, 5.41) is 5.01. The molecule has 0 aliphatic carbocycles. The van der Waals surface area contributed by atoms with Crippen molar-refractivity contribution in [2.75, 3.05) is 26.2 Å². The summed E-state index contributed by atoms with van der Waals surface area (Å²) in [6, 6.07) is 4.74. The highest BCUT2D eigenvalue weighted by Gasteiger charge is 2.34. The molecule has 0 saturated carbocycles. The molecule has 31 heavy (non-hydrogen) atoms. The number of aromatic nitrogens is 3. The van der Waals surface area contributed by atoms with E-state index in [9.17, 15) is 22.0 Å². The number of hydrogen-bond donors (Lipinski definition) is 0. The molecule has 8 nitrogen and oxygen atoms in total. The Morgan fingerprint density at radius 1 is 1.06 bits per heavy atom. The molecule has 4 rings (SSSR count). The fourth-order valence-corrected chi connectivity index (χ4v) is 5.14. The van der Waals surface area contributed by atoms with Gasteiger partial charge in [-0.3, -0.25) is 4.79 Å². The average Bonchev–Trinajstić information content (AvgIpc) is 3.16. The van der Waals surface area contributed by atoms with Crippen molar-refractivity contribution in [1.29, 1.82) is 0 Å². The van der Waals surface area contributed by atoms with Crippen molar-refractivity contribution in [3.05, 3.63) is 53.9 Å². The van der Waals surface area contributed by atoms with Crippen LogP contribution in [0.5, 0.6) is 0 Å². The third kappa shape index (κ3) is 3.79. The van der Waals surface area contributed by atoms with Crippen molar-refractivity contribution in [2.45, 2.75) is 24.8 Å². The Morgan fingerprint density at radius 2 is 1.71 bits per heavy atom. The average molecular weight is 449 g/mol. The van der Waals surface area contributed by atoms with E-state index in [0.717, 1.165) is 27.9 Å². The number of carbonyl (C=O) groups excluding carboxylic acids is 1. The number of halogens is 2. The monoisotopic (exact) mass is 449 g/mol. The molecule has 1 aliphatic heterocycles. The van der Waals surface area contributed by atoms with Crippen molar-refractivity contribution in [1.82, 2.24) is 24.0 Å². The Labute approximate surface area is 178 Å². The summed E-state index contributed by atoms with van der Waals surface area (Å²) in [7, 11) is -4.35. The van der Waals surface area contributed by atoms with Gasteiger partial charge >= 0.3 is 0 Å². The topological polar surface area (TPSA) is 88.4 Å². The fraction of sp³-hybridized carbons (Fsp3) is 0.350. The minimum absolute atomic E-state index is 0.0667. The molecule has 0 unspecified atom stereocenters. The standard InChI is InChI=1S/C20H21F2N5O3S/c1-13(2)27-19-14(12-24-27)10-15(11-23-19)20(28)25-6-8-26(9-7-25)31(29,30)18-16(21)4-3-5-17(18)22/h3-5,10-13H,6-9H2,1-2H3. The third-order valence-corrected chi connectivity index (χ3v) is 7.16. The lowest BCUT2D eigenvalue weighted by Crippen LogP contribution is -2.50. The quantitative estimate of drug-likeness (QED) is 0.611. The molecule has 1 amide bonds. The number of carbonyl (C=O) groups is 1. The summed E-state index contributed by atoms with van der Waals surface area (Å²) < 4.78 is 56.1. The van der Waals surface area contributed by atoms with Crippen LogP contribution in [0.15, 0.2) is 41.6 Å². The van der Waals surface area contributed by atoms with E-state index in [4.69, 9.17) is 0 Å². The molecule has 0 bridgehead atoms. The van der Waals surface area contributed by atoms with Crippen LogP contribution >= 0.6 is 0 Å². The molecule has 0 N–H and O–H groups in total. The molecule has 11 heteroatoms. The van der Waals surface area contributed by atoms with Crippen LogP contribution in [0.25, 0.3) is 11.0 Å². The zero-order chi connectivity index (χ0) is 22.3. The van der Waals surface area contributed by atoms with Crippen LogP contribution in [-0.4, -0.2) is 64.5 Å². The molecule has 164 valence electrons. The van der Waals surface area contributed by atoms with E-state index in [-0.39, 0.29) is 38.1 Å². The minimum atomic E-state index is -4.35. The van der Waals surface area contributed by atoms with Gasteiger partial charge < -0.3 is 4.90 Å². The number of amides is 1. The summed E-state index contributed by atoms with van der Waals surface area (Å²) in [6.45, 7) is 4.02. The second-order valence-corrected chi connectivity index (χ2v) is 9.44. The first kappa shape index (κ1) is 21.3. The first-order valence-corrected chi connectivity index (χ1v) is 11.2. The van der Waals surface area contributed by atoms with Crippen LogP contribution in [0, 0.1) is 11.6 Å². The van der Waals surface area contributed by atoms with Crippen LogP contribution in [0.2, 0.25) is 0 Å². The number of piperazine rings is 1. The van der Waals surface area contributed by atoms with Gasteiger partial charge in [-0.2, -0.15) is 9.40 Å². The highest BCUT2D eigenvalue weighted by Crippen LogP contribution is 2.24. The summed E-state index contributed by atoms with van der Waals surface area (Å²) in [4.78, 5) is 17.8. The lowest BCUT2D eigenvalue weighted by molar-refractivity contribution is 0.0697. The van der Waals surface area contributed by atoms with Gasteiger partial charge in [-0.25, -0.2) is 26.9 Å². The number of pyridine rings is 1. The van der Waals surface area contributed by atoms with Gasteiger partial charge in [-0.15, -0.1) is 0 Å². The van der Waals surface area contributed by atoms with Crippen LogP contribution < -0.4 is 0 Å². The first-order chi connectivity index (χ1) is 14.7. The lowest BCUT2D eigenvalue weighted by Gasteiger charge is -2.34. The van der Waals surface area contributed by atoms with Gasteiger partial charge in [0.05, 0.1) is 11.8 Å². The maximum atomic E-state index is 14.0. The number of benzene rings is 1. The molecular weight excluding hydrogens is 428 g/mol. The van der Waals surface area contributed by atoms with Gasteiger partial charge in [-0.1, -0.05) is 6.07 Å². The molecule has 0 radical (unpaired) electrons. The molecule has 0 atom stereocenters. The molecule has 1 fully saturated rings. The van der Waals surface area contributed by atoms with E-state index in [2.05, 4.69) is 10.1 Å². The van der Waals surface area contributed by atoms with Crippen molar-refractivity contribution in [3.63, 3.8) is 0 Å². The Kier molecular flexibility index (Phi) is 5.48. The van der Waals surface area contributed by atoms with Gasteiger partial charge in [0.25, 0.3) is 5.91 Å².